The van der Waals surface area contributed by atoms with E-state index < -0.39 is 0 Å². The maximum atomic E-state index is 6.02. The average Bonchev–Trinajstić information content (AvgIpc) is 2.69. The molecule has 0 spiro atoms. The number of thioether (sulfide) groups is 1. The van der Waals surface area contributed by atoms with Crippen molar-refractivity contribution in [1.82, 2.24) is 5.16 Å². The summed E-state index contributed by atoms with van der Waals surface area (Å²) < 4.78 is 4.98. The number of nitrogens with two attached hydrogens (primary N) is 1. The van der Waals surface area contributed by atoms with Gasteiger partial charge in [0, 0.05) is 16.6 Å². The second-order valence-electron chi connectivity index (χ2n) is 2.96. The van der Waals surface area contributed by atoms with Gasteiger partial charge in [0.1, 0.15) is 5.76 Å². The van der Waals surface area contributed by atoms with Crippen molar-refractivity contribution in [3.05, 3.63) is 41.2 Å². The molecule has 0 aliphatic rings. The van der Waals surface area contributed by atoms with Gasteiger partial charge in [0.25, 0.3) is 0 Å². The summed E-state index contributed by atoms with van der Waals surface area (Å²) in [5.41, 5.74) is 6.27. The summed E-state index contributed by atoms with van der Waals surface area (Å²) in [6.07, 6.45) is 1.63. The van der Waals surface area contributed by atoms with Crippen LogP contribution in [-0.2, 0) is 5.75 Å². The van der Waals surface area contributed by atoms with Gasteiger partial charge in [0.2, 0.25) is 0 Å². The summed E-state index contributed by atoms with van der Waals surface area (Å²) in [5.74, 6) is 1.54. The lowest BCUT2D eigenvalue weighted by molar-refractivity contribution is 0.395. The molecule has 0 aliphatic heterocycles. The van der Waals surface area contributed by atoms with Crippen molar-refractivity contribution < 1.29 is 4.52 Å². The Bertz CT molecular complexity index is 445. The second kappa shape index (κ2) is 4.59. The molecule has 1 aromatic heterocycles. The molecule has 0 amide bonds. The van der Waals surface area contributed by atoms with Crippen molar-refractivity contribution in [2.45, 2.75) is 10.6 Å². The minimum absolute atomic E-state index is 0.666. The molecule has 15 heavy (non-hydrogen) atoms. The van der Waals surface area contributed by atoms with Crippen LogP contribution in [0.15, 0.2) is 39.9 Å². The standard InChI is InChI=1S/C10H9ClN2OS/c11-9-5-7(12)1-2-10(9)15-6-8-3-4-13-14-8/h1-5H,6,12H2. The first-order valence-electron chi connectivity index (χ1n) is 4.33. The third-order valence-electron chi connectivity index (χ3n) is 1.82. The molecule has 0 bridgehead atoms. The van der Waals surface area contributed by atoms with Crippen molar-refractivity contribution >= 4 is 29.1 Å². The normalized spacial score (nSPS) is 10.5. The molecule has 0 saturated carbocycles. The van der Waals surface area contributed by atoms with Crippen LogP contribution in [0.3, 0.4) is 0 Å². The van der Waals surface area contributed by atoms with Gasteiger partial charge in [-0.05, 0) is 18.2 Å². The van der Waals surface area contributed by atoms with Crippen LogP contribution in [0.5, 0.6) is 0 Å². The number of aromatic nitrogens is 1. The van der Waals surface area contributed by atoms with Gasteiger partial charge in [-0.3, -0.25) is 0 Å². The quantitative estimate of drug-likeness (QED) is 0.661. The molecular weight excluding hydrogens is 232 g/mol. The molecular formula is C10H9ClN2OS. The first-order chi connectivity index (χ1) is 7.25. The third kappa shape index (κ3) is 2.67. The minimum Gasteiger partial charge on any atom is -0.399 e. The van der Waals surface area contributed by atoms with Gasteiger partial charge in [0.15, 0.2) is 0 Å². The number of benzene rings is 1. The van der Waals surface area contributed by atoms with E-state index in [1.165, 1.54) is 0 Å². The van der Waals surface area contributed by atoms with Crippen molar-refractivity contribution in [3.8, 4) is 0 Å². The van der Waals surface area contributed by atoms with Crippen LogP contribution < -0.4 is 5.73 Å². The topological polar surface area (TPSA) is 52.0 Å². The highest BCUT2D eigenvalue weighted by Gasteiger charge is 2.03. The van der Waals surface area contributed by atoms with Crippen LogP contribution in [0.2, 0.25) is 5.02 Å². The van der Waals surface area contributed by atoms with E-state index in [0.29, 0.717) is 16.5 Å². The highest BCUT2D eigenvalue weighted by atomic mass is 35.5. The number of nitrogen functional groups attached to an aromatic ring is 1. The Morgan fingerprint density at radius 3 is 2.93 bits per heavy atom. The summed E-state index contributed by atoms with van der Waals surface area (Å²) in [4.78, 5) is 0.988. The van der Waals surface area contributed by atoms with Gasteiger partial charge in [-0.2, -0.15) is 0 Å². The first kappa shape index (κ1) is 10.4. The molecule has 3 nitrogen and oxygen atoms in total. The van der Waals surface area contributed by atoms with Gasteiger partial charge in [0.05, 0.1) is 17.0 Å². The molecule has 2 rings (SSSR count). The van der Waals surface area contributed by atoms with E-state index in [9.17, 15) is 0 Å². The van der Waals surface area contributed by atoms with Gasteiger partial charge < -0.3 is 10.3 Å². The molecule has 0 saturated heterocycles. The number of halogens is 1. The van der Waals surface area contributed by atoms with Crippen LogP contribution in [-0.4, -0.2) is 5.16 Å². The molecule has 0 unspecified atom stereocenters. The Balaban J connectivity index is 2.05. The second-order valence-corrected chi connectivity index (χ2v) is 4.38. The van der Waals surface area contributed by atoms with Crippen molar-refractivity contribution in [2.75, 3.05) is 5.73 Å². The molecule has 0 atom stereocenters. The first-order valence-corrected chi connectivity index (χ1v) is 5.69. The predicted molar refractivity (Wildman–Crippen MR) is 61.9 cm³/mol. The van der Waals surface area contributed by atoms with E-state index in [2.05, 4.69) is 5.16 Å². The molecule has 0 aliphatic carbocycles. The lowest BCUT2D eigenvalue weighted by atomic mass is 10.3. The van der Waals surface area contributed by atoms with E-state index in [1.54, 1.807) is 24.0 Å². The summed E-state index contributed by atoms with van der Waals surface area (Å²) in [6.45, 7) is 0. The molecule has 2 aromatic rings. The van der Waals surface area contributed by atoms with Crippen molar-refractivity contribution in [2.24, 2.45) is 0 Å². The zero-order valence-electron chi connectivity index (χ0n) is 7.81. The number of hydrogen-bond acceptors (Lipinski definition) is 4. The summed E-state index contributed by atoms with van der Waals surface area (Å²) in [6, 6.07) is 7.30. The van der Waals surface area contributed by atoms with E-state index in [-0.39, 0.29) is 0 Å². The molecule has 1 heterocycles. The fraction of sp³-hybridized carbons (Fsp3) is 0.100. The molecule has 2 N–H and O–H groups in total. The third-order valence-corrected chi connectivity index (χ3v) is 3.34. The van der Waals surface area contributed by atoms with E-state index in [4.69, 9.17) is 21.9 Å². The summed E-state index contributed by atoms with van der Waals surface area (Å²) >= 11 is 7.61. The van der Waals surface area contributed by atoms with E-state index >= 15 is 0 Å². The summed E-state index contributed by atoms with van der Waals surface area (Å²) in [5, 5.41) is 4.30. The average molecular weight is 241 g/mol. The van der Waals surface area contributed by atoms with Gasteiger partial charge in [-0.15, -0.1) is 11.8 Å². The minimum atomic E-state index is 0.666. The van der Waals surface area contributed by atoms with Gasteiger partial charge in [-0.1, -0.05) is 16.8 Å². The monoisotopic (exact) mass is 240 g/mol. The summed E-state index contributed by atoms with van der Waals surface area (Å²) in [7, 11) is 0. The highest BCUT2D eigenvalue weighted by molar-refractivity contribution is 7.98. The van der Waals surface area contributed by atoms with Crippen LogP contribution in [0.4, 0.5) is 5.69 Å². The SMILES string of the molecule is Nc1ccc(SCc2ccno2)c(Cl)c1. The largest absolute Gasteiger partial charge is 0.399 e. The van der Waals surface area contributed by atoms with Crippen LogP contribution in [0, 0.1) is 0 Å². The molecule has 0 radical (unpaired) electrons. The molecule has 0 fully saturated rings. The maximum absolute atomic E-state index is 6.02. The smallest absolute Gasteiger partial charge is 0.146 e. The Labute approximate surface area is 96.6 Å². The fourth-order valence-electron chi connectivity index (χ4n) is 1.10. The number of nitrogens with zero attached hydrogens (tertiary/aromatic N) is 1. The maximum Gasteiger partial charge on any atom is 0.146 e. The molecule has 1 aromatic carbocycles. The lowest BCUT2D eigenvalue weighted by Gasteiger charge is -2.02. The Morgan fingerprint density at radius 1 is 1.40 bits per heavy atom. The number of rotatable bonds is 3. The number of hydrogen-bond donors (Lipinski definition) is 1. The molecule has 78 valence electrons. The predicted octanol–water partition coefficient (Wildman–Crippen LogP) is 3.20. The Hall–Kier alpha value is -1.13. The van der Waals surface area contributed by atoms with E-state index in [0.717, 1.165) is 10.7 Å². The van der Waals surface area contributed by atoms with Crippen molar-refractivity contribution in [3.63, 3.8) is 0 Å². The Kier molecular flexibility index (Phi) is 3.18. The van der Waals surface area contributed by atoms with Gasteiger partial charge in [-0.25, -0.2) is 0 Å². The Morgan fingerprint density at radius 2 is 2.27 bits per heavy atom. The zero-order valence-corrected chi connectivity index (χ0v) is 9.39. The van der Waals surface area contributed by atoms with Crippen LogP contribution in [0.1, 0.15) is 5.76 Å². The van der Waals surface area contributed by atoms with Crippen LogP contribution >= 0.6 is 23.4 Å². The van der Waals surface area contributed by atoms with E-state index in [1.807, 2.05) is 18.2 Å². The van der Waals surface area contributed by atoms with Crippen LogP contribution in [0.25, 0.3) is 0 Å². The highest BCUT2D eigenvalue weighted by Crippen LogP contribution is 2.30. The lowest BCUT2D eigenvalue weighted by Crippen LogP contribution is -1.85. The van der Waals surface area contributed by atoms with Crippen molar-refractivity contribution in [1.29, 1.82) is 0 Å². The molecule has 5 heteroatoms. The fourth-order valence-corrected chi connectivity index (χ4v) is 2.26. The zero-order chi connectivity index (χ0) is 10.7. The van der Waals surface area contributed by atoms with Gasteiger partial charge >= 0.3 is 0 Å². The number of anilines is 1.